The van der Waals surface area contributed by atoms with E-state index in [0.29, 0.717) is 6.42 Å². The topological polar surface area (TPSA) is 37.3 Å². The molecule has 0 aliphatic heterocycles. The van der Waals surface area contributed by atoms with Gasteiger partial charge in [0.25, 0.3) is 0 Å². The number of carbonyl (C=O) groups excluding carboxylic acids is 1. The zero-order chi connectivity index (χ0) is 9.14. The second kappa shape index (κ2) is 3.52. The summed E-state index contributed by atoms with van der Waals surface area (Å²) < 4.78 is 12.8. The average molecular weight is 170 g/mol. The van der Waals surface area contributed by atoms with Gasteiger partial charge in [-0.3, -0.25) is 0 Å². The van der Waals surface area contributed by atoms with Crippen LogP contribution >= 0.6 is 0 Å². The van der Waals surface area contributed by atoms with E-state index in [1.165, 1.54) is 6.08 Å². The molecule has 0 aromatic rings. The molecule has 1 aliphatic carbocycles. The minimum absolute atomic E-state index is 0.142. The van der Waals surface area contributed by atoms with Crippen molar-refractivity contribution in [3.8, 4) is 0 Å². The number of hydrogen-bond acceptors (Lipinski definition) is 2. The summed E-state index contributed by atoms with van der Waals surface area (Å²) in [6, 6.07) is 0. The molecule has 2 nitrogen and oxygen atoms in total. The monoisotopic (exact) mass is 170 g/mol. The van der Waals surface area contributed by atoms with Crippen LogP contribution in [0.4, 0.5) is 4.39 Å². The number of allylic oxidation sites excluding steroid dienone is 3. The van der Waals surface area contributed by atoms with Crippen molar-refractivity contribution in [3.63, 3.8) is 0 Å². The Labute approximate surface area is 70.4 Å². The first kappa shape index (κ1) is 8.97. The third-order valence-electron chi connectivity index (χ3n) is 2.07. The maximum Gasteiger partial charge on any atom is 0.146 e. The Morgan fingerprint density at radius 3 is 3.00 bits per heavy atom. The number of halogens is 1. The number of rotatable bonds is 1. The van der Waals surface area contributed by atoms with E-state index in [1.807, 2.05) is 0 Å². The molecule has 12 heavy (non-hydrogen) atoms. The van der Waals surface area contributed by atoms with Crippen LogP contribution in [-0.4, -0.2) is 11.4 Å². The number of aliphatic hydroxyl groups is 1. The molecule has 0 aromatic heterocycles. The third-order valence-corrected chi connectivity index (χ3v) is 2.07. The number of aliphatic hydroxyl groups excluding tert-OH is 1. The van der Waals surface area contributed by atoms with Gasteiger partial charge in [0.1, 0.15) is 17.9 Å². The molecule has 3 heteroatoms. The highest BCUT2D eigenvalue weighted by Gasteiger charge is 2.16. The predicted octanol–water partition coefficient (Wildman–Crippen LogP) is 2.28. The van der Waals surface area contributed by atoms with Gasteiger partial charge in [-0.25, -0.2) is 4.39 Å². The Balaban J connectivity index is 2.90. The van der Waals surface area contributed by atoms with Gasteiger partial charge in [-0.05, 0) is 19.4 Å². The van der Waals surface area contributed by atoms with E-state index >= 15 is 0 Å². The molecule has 0 radical (unpaired) electrons. The molecule has 1 unspecified atom stereocenters. The number of carbonyl (C=O) groups is 1. The Kier molecular flexibility index (Phi) is 2.63. The van der Waals surface area contributed by atoms with Crippen LogP contribution < -0.4 is 0 Å². The molecular weight excluding hydrogens is 159 g/mol. The summed E-state index contributed by atoms with van der Waals surface area (Å²) in [5.41, 5.74) is 0.718. The first-order valence-electron chi connectivity index (χ1n) is 3.86. The second-order valence-electron chi connectivity index (χ2n) is 2.96. The van der Waals surface area contributed by atoms with Crippen LogP contribution in [0.1, 0.15) is 19.8 Å². The van der Waals surface area contributed by atoms with Crippen LogP contribution in [-0.2, 0) is 4.79 Å². The quantitative estimate of drug-likeness (QED) is 0.613. The van der Waals surface area contributed by atoms with Crippen LogP contribution in [0.25, 0.3) is 0 Å². The van der Waals surface area contributed by atoms with Crippen molar-refractivity contribution in [2.75, 3.05) is 0 Å². The third kappa shape index (κ3) is 1.72. The fraction of sp³-hybridized carbons (Fsp3) is 0.444. The zero-order valence-corrected chi connectivity index (χ0v) is 6.88. The highest BCUT2D eigenvalue weighted by Crippen LogP contribution is 2.25. The van der Waals surface area contributed by atoms with Gasteiger partial charge in [-0.2, -0.15) is 0 Å². The summed E-state index contributed by atoms with van der Waals surface area (Å²) in [5, 5.41) is 9.05. The van der Waals surface area contributed by atoms with Crippen molar-refractivity contribution in [1.82, 2.24) is 0 Å². The average Bonchev–Trinajstić information content (AvgIpc) is 2.14. The lowest BCUT2D eigenvalue weighted by Crippen LogP contribution is -2.01. The number of hydrogen-bond donors (Lipinski definition) is 1. The maximum atomic E-state index is 12.8. The van der Waals surface area contributed by atoms with Gasteiger partial charge in [0.2, 0.25) is 0 Å². The molecule has 66 valence electrons. The van der Waals surface area contributed by atoms with Gasteiger partial charge in [-0.15, -0.1) is 0 Å². The fourth-order valence-electron chi connectivity index (χ4n) is 1.21. The zero-order valence-electron chi connectivity index (χ0n) is 6.88. The van der Waals surface area contributed by atoms with Gasteiger partial charge in [0.15, 0.2) is 0 Å². The predicted molar refractivity (Wildman–Crippen MR) is 43.3 cm³/mol. The molecule has 1 N–H and O–H groups in total. The summed E-state index contributed by atoms with van der Waals surface area (Å²) in [6.45, 7) is 1.72. The van der Waals surface area contributed by atoms with Crippen LogP contribution in [0.2, 0.25) is 0 Å². The van der Waals surface area contributed by atoms with Crippen molar-refractivity contribution in [2.45, 2.75) is 19.8 Å². The standard InChI is InChI=1S/C9H11FO2/c1-6-4-9(12)8(10)3-2-7(6)5-11/h4-5,7,12H,2-3H2,1H3. The minimum Gasteiger partial charge on any atom is -0.505 e. The molecule has 1 rings (SSSR count). The van der Waals surface area contributed by atoms with E-state index in [2.05, 4.69) is 0 Å². The Morgan fingerprint density at radius 2 is 2.42 bits per heavy atom. The van der Waals surface area contributed by atoms with Gasteiger partial charge in [0, 0.05) is 12.3 Å². The lowest BCUT2D eigenvalue weighted by Gasteiger charge is -2.05. The van der Waals surface area contributed by atoms with Gasteiger partial charge in [-0.1, -0.05) is 5.57 Å². The van der Waals surface area contributed by atoms with E-state index in [-0.39, 0.29) is 18.1 Å². The Morgan fingerprint density at radius 1 is 1.75 bits per heavy atom. The molecule has 0 bridgehead atoms. The summed E-state index contributed by atoms with van der Waals surface area (Å²) >= 11 is 0. The molecule has 0 amide bonds. The minimum atomic E-state index is -0.529. The Bertz CT molecular complexity index is 253. The SMILES string of the molecule is CC1=CC(O)=C(F)CCC1C=O. The molecule has 0 aromatic carbocycles. The van der Waals surface area contributed by atoms with Crippen molar-refractivity contribution in [1.29, 1.82) is 0 Å². The van der Waals surface area contributed by atoms with Crippen molar-refractivity contribution >= 4 is 6.29 Å². The summed E-state index contributed by atoms with van der Waals surface area (Å²) in [6.07, 6.45) is 2.70. The van der Waals surface area contributed by atoms with Crippen LogP contribution in [0, 0.1) is 5.92 Å². The molecular formula is C9H11FO2. The van der Waals surface area contributed by atoms with Crippen molar-refractivity contribution < 1.29 is 14.3 Å². The molecule has 1 aliphatic rings. The summed E-state index contributed by atoms with van der Waals surface area (Å²) in [7, 11) is 0. The number of aldehydes is 1. The van der Waals surface area contributed by atoms with E-state index in [1.54, 1.807) is 6.92 Å². The molecule has 0 heterocycles. The van der Waals surface area contributed by atoms with E-state index < -0.39 is 5.83 Å². The first-order valence-corrected chi connectivity index (χ1v) is 3.86. The van der Waals surface area contributed by atoms with Gasteiger partial charge < -0.3 is 9.90 Å². The van der Waals surface area contributed by atoms with E-state index in [4.69, 9.17) is 5.11 Å². The van der Waals surface area contributed by atoms with Crippen LogP contribution in [0.3, 0.4) is 0 Å². The van der Waals surface area contributed by atoms with Crippen molar-refractivity contribution in [2.24, 2.45) is 5.92 Å². The molecule has 0 fully saturated rings. The lowest BCUT2D eigenvalue weighted by molar-refractivity contribution is -0.110. The summed E-state index contributed by atoms with van der Waals surface area (Å²) in [4.78, 5) is 10.5. The smallest absolute Gasteiger partial charge is 0.146 e. The fourth-order valence-corrected chi connectivity index (χ4v) is 1.21. The Hall–Kier alpha value is -1.12. The van der Waals surface area contributed by atoms with E-state index in [0.717, 1.165) is 11.9 Å². The largest absolute Gasteiger partial charge is 0.505 e. The highest BCUT2D eigenvalue weighted by atomic mass is 19.1. The van der Waals surface area contributed by atoms with Gasteiger partial charge in [0.05, 0.1) is 0 Å². The molecule has 0 saturated carbocycles. The van der Waals surface area contributed by atoms with Gasteiger partial charge >= 0.3 is 0 Å². The normalized spacial score (nSPS) is 24.8. The highest BCUT2D eigenvalue weighted by molar-refractivity contribution is 5.59. The molecule has 1 atom stereocenters. The van der Waals surface area contributed by atoms with E-state index in [9.17, 15) is 9.18 Å². The maximum absolute atomic E-state index is 12.8. The lowest BCUT2D eigenvalue weighted by atomic mass is 9.98. The van der Waals surface area contributed by atoms with Crippen LogP contribution in [0.5, 0.6) is 0 Å². The molecule has 0 saturated heterocycles. The second-order valence-corrected chi connectivity index (χ2v) is 2.96. The van der Waals surface area contributed by atoms with Crippen molar-refractivity contribution in [3.05, 3.63) is 23.2 Å². The van der Waals surface area contributed by atoms with Crippen LogP contribution in [0.15, 0.2) is 23.2 Å². The first-order chi connectivity index (χ1) is 5.65. The molecule has 0 spiro atoms. The summed E-state index contributed by atoms with van der Waals surface area (Å²) in [5.74, 6) is -1.11.